The molecule has 0 spiro atoms. The van der Waals surface area contributed by atoms with Crippen LogP contribution in [0.25, 0.3) is 0 Å². The van der Waals surface area contributed by atoms with Gasteiger partial charge in [-0.05, 0) is 37.2 Å². The molecule has 1 atom stereocenters. The van der Waals surface area contributed by atoms with Crippen molar-refractivity contribution in [2.24, 2.45) is 0 Å². The van der Waals surface area contributed by atoms with Crippen LogP contribution in [0.15, 0.2) is 0 Å². The van der Waals surface area contributed by atoms with E-state index in [1.807, 2.05) is 0 Å². The number of rotatable bonds is 3. The lowest BCUT2D eigenvalue weighted by Gasteiger charge is -2.20. The average molecular weight is 252 g/mol. The van der Waals surface area contributed by atoms with Gasteiger partial charge in [-0.2, -0.15) is 0 Å². The van der Waals surface area contributed by atoms with E-state index >= 15 is 0 Å². The highest BCUT2D eigenvalue weighted by molar-refractivity contribution is 7.16. The van der Waals surface area contributed by atoms with E-state index in [0.29, 0.717) is 10.9 Å². The Morgan fingerprint density at radius 1 is 1.59 bits per heavy atom. The van der Waals surface area contributed by atoms with Crippen molar-refractivity contribution in [1.29, 1.82) is 0 Å². The normalized spacial score (nSPS) is 18.8. The van der Waals surface area contributed by atoms with Gasteiger partial charge < -0.3 is 11.1 Å². The van der Waals surface area contributed by atoms with Crippen LogP contribution in [0, 0.1) is 0 Å². The summed E-state index contributed by atoms with van der Waals surface area (Å²) in [6, 6.07) is 0. The van der Waals surface area contributed by atoms with Crippen LogP contribution in [0.3, 0.4) is 0 Å². The second-order valence-corrected chi connectivity index (χ2v) is 5.86. The molecule has 0 bridgehead atoms. The molecule has 2 rings (SSSR count). The number of amides is 1. The number of hydrogen-bond acceptors (Lipinski definition) is 3. The third kappa shape index (κ3) is 2.32. The topological polar surface area (TPSA) is 55.1 Å². The molecule has 0 aromatic carbocycles. The Labute approximate surface area is 106 Å². The van der Waals surface area contributed by atoms with Gasteiger partial charge in [0.25, 0.3) is 5.91 Å². The van der Waals surface area contributed by atoms with Crippen molar-refractivity contribution < 1.29 is 4.79 Å². The molecule has 3 nitrogen and oxygen atoms in total. The Balaban J connectivity index is 2.33. The van der Waals surface area contributed by atoms with E-state index in [2.05, 4.69) is 19.2 Å². The highest BCUT2D eigenvalue weighted by atomic mass is 32.1. The SMILES string of the molecule is CCCNC(=O)c1c(N)sc2c1C(C)CCC2. The Bertz CT molecular complexity index is 425. The minimum absolute atomic E-state index is 0.00981. The van der Waals surface area contributed by atoms with Crippen LogP contribution in [0.1, 0.15) is 59.8 Å². The Kier molecular flexibility index (Phi) is 3.72. The minimum Gasteiger partial charge on any atom is -0.390 e. The van der Waals surface area contributed by atoms with Gasteiger partial charge in [-0.15, -0.1) is 11.3 Å². The Hall–Kier alpha value is -1.03. The summed E-state index contributed by atoms with van der Waals surface area (Å²) in [6.07, 6.45) is 4.41. The van der Waals surface area contributed by atoms with Gasteiger partial charge in [0, 0.05) is 11.4 Å². The zero-order valence-corrected chi connectivity index (χ0v) is 11.3. The molecule has 17 heavy (non-hydrogen) atoms. The fraction of sp³-hybridized carbons (Fsp3) is 0.615. The lowest BCUT2D eigenvalue weighted by atomic mass is 9.86. The summed E-state index contributed by atoms with van der Waals surface area (Å²) < 4.78 is 0. The number of aryl methyl sites for hydroxylation is 1. The van der Waals surface area contributed by atoms with Crippen LogP contribution >= 0.6 is 11.3 Å². The zero-order valence-electron chi connectivity index (χ0n) is 10.5. The van der Waals surface area contributed by atoms with Gasteiger partial charge in [0.1, 0.15) is 0 Å². The summed E-state index contributed by atoms with van der Waals surface area (Å²) in [5, 5.41) is 3.63. The fourth-order valence-electron chi connectivity index (χ4n) is 2.49. The molecule has 1 heterocycles. The summed E-state index contributed by atoms with van der Waals surface area (Å²) in [4.78, 5) is 13.4. The number of nitrogen functional groups attached to an aromatic ring is 1. The number of fused-ring (bicyclic) bond motifs is 1. The first-order valence-corrected chi connectivity index (χ1v) is 7.16. The molecular weight excluding hydrogens is 232 g/mol. The molecule has 1 aromatic heterocycles. The standard InChI is InChI=1S/C13H20N2OS/c1-3-7-15-13(16)11-10-8(2)5-4-6-9(10)17-12(11)14/h8H,3-7,14H2,1-2H3,(H,15,16). The number of nitrogens with one attached hydrogen (secondary N) is 1. The van der Waals surface area contributed by atoms with E-state index in [9.17, 15) is 4.79 Å². The fourth-order valence-corrected chi connectivity index (χ4v) is 3.72. The summed E-state index contributed by atoms with van der Waals surface area (Å²) in [5.41, 5.74) is 7.98. The highest BCUT2D eigenvalue weighted by Gasteiger charge is 2.27. The maximum atomic E-state index is 12.1. The molecule has 0 saturated carbocycles. The first-order chi connectivity index (χ1) is 8.15. The first-order valence-electron chi connectivity index (χ1n) is 6.34. The largest absolute Gasteiger partial charge is 0.390 e. The molecule has 1 aromatic rings. The van der Waals surface area contributed by atoms with Crippen molar-refractivity contribution in [3.05, 3.63) is 16.0 Å². The predicted molar refractivity (Wildman–Crippen MR) is 72.7 cm³/mol. The quantitative estimate of drug-likeness (QED) is 0.869. The van der Waals surface area contributed by atoms with E-state index in [-0.39, 0.29) is 5.91 Å². The summed E-state index contributed by atoms with van der Waals surface area (Å²) >= 11 is 1.60. The molecular formula is C13H20N2OS. The maximum Gasteiger partial charge on any atom is 0.254 e. The van der Waals surface area contributed by atoms with Gasteiger partial charge >= 0.3 is 0 Å². The van der Waals surface area contributed by atoms with E-state index in [0.717, 1.165) is 31.4 Å². The monoisotopic (exact) mass is 252 g/mol. The van der Waals surface area contributed by atoms with Crippen LogP contribution in [0.4, 0.5) is 5.00 Å². The van der Waals surface area contributed by atoms with Crippen LogP contribution in [0.5, 0.6) is 0 Å². The van der Waals surface area contributed by atoms with E-state index in [1.165, 1.54) is 16.9 Å². The third-order valence-electron chi connectivity index (χ3n) is 3.35. The Morgan fingerprint density at radius 3 is 3.06 bits per heavy atom. The van der Waals surface area contributed by atoms with Crippen molar-refractivity contribution in [2.45, 2.75) is 45.4 Å². The van der Waals surface area contributed by atoms with Crippen LogP contribution < -0.4 is 11.1 Å². The van der Waals surface area contributed by atoms with Gasteiger partial charge in [-0.1, -0.05) is 13.8 Å². The van der Waals surface area contributed by atoms with Crippen molar-refractivity contribution in [3.8, 4) is 0 Å². The minimum atomic E-state index is 0.00981. The second-order valence-electron chi connectivity index (χ2n) is 4.73. The van der Waals surface area contributed by atoms with Crippen molar-refractivity contribution in [1.82, 2.24) is 5.32 Å². The number of carbonyl (C=O) groups excluding carboxylic acids is 1. The number of thiophene rings is 1. The molecule has 1 aliphatic rings. The van der Waals surface area contributed by atoms with Gasteiger partial charge in [0.2, 0.25) is 0 Å². The third-order valence-corrected chi connectivity index (χ3v) is 4.44. The zero-order chi connectivity index (χ0) is 12.4. The smallest absolute Gasteiger partial charge is 0.254 e. The molecule has 4 heteroatoms. The summed E-state index contributed by atoms with van der Waals surface area (Å²) in [5.74, 6) is 0.477. The van der Waals surface area contributed by atoms with Gasteiger partial charge in [-0.25, -0.2) is 0 Å². The van der Waals surface area contributed by atoms with E-state index < -0.39 is 0 Å². The average Bonchev–Trinajstić information content (AvgIpc) is 2.64. The van der Waals surface area contributed by atoms with Crippen LogP contribution in [-0.4, -0.2) is 12.5 Å². The predicted octanol–water partition coefficient (Wildman–Crippen LogP) is 2.91. The summed E-state index contributed by atoms with van der Waals surface area (Å²) in [7, 11) is 0. The molecule has 0 aliphatic heterocycles. The maximum absolute atomic E-state index is 12.1. The lowest BCUT2D eigenvalue weighted by Crippen LogP contribution is -2.26. The summed E-state index contributed by atoms with van der Waals surface area (Å²) in [6.45, 7) is 4.97. The van der Waals surface area contributed by atoms with Gasteiger partial charge in [0.15, 0.2) is 0 Å². The van der Waals surface area contributed by atoms with E-state index in [4.69, 9.17) is 5.73 Å². The van der Waals surface area contributed by atoms with Crippen LogP contribution in [-0.2, 0) is 6.42 Å². The molecule has 94 valence electrons. The molecule has 1 aliphatic carbocycles. The van der Waals surface area contributed by atoms with Crippen molar-refractivity contribution in [3.63, 3.8) is 0 Å². The lowest BCUT2D eigenvalue weighted by molar-refractivity contribution is 0.0953. The molecule has 1 amide bonds. The molecule has 0 saturated heterocycles. The number of hydrogen-bond donors (Lipinski definition) is 2. The van der Waals surface area contributed by atoms with Gasteiger partial charge in [0.05, 0.1) is 10.6 Å². The highest BCUT2D eigenvalue weighted by Crippen LogP contribution is 2.41. The molecule has 3 N–H and O–H groups in total. The molecule has 0 radical (unpaired) electrons. The van der Waals surface area contributed by atoms with Crippen molar-refractivity contribution >= 4 is 22.2 Å². The van der Waals surface area contributed by atoms with Gasteiger partial charge in [-0.3, -0.25) is 4.79 Å². The van der Waals surface area contributed by atoms with E-state index in [1.54, 1.807) is 11.3 Å². The first kappa shape index (κ1) is 12.4. The Morgan fingerprint density at radius 2 is 2.35 bits per heavy atom. The number of anilines is 1. The van der Waals surface area contributed by atoms with Crippen LogP contribution in [0.2, 0.25) is 0 Å². The van der Waals surface area contributed by atoms with Crippen molar-refractivity contribution in [2.75, 3.05) is 12.3 Å². The second kappa shape index (κ2) is 5.08. The molecule has 1 unspecified atom stereocenters. The number of nitrogens with two attached hydrogens (primary N) is 1. The number of carbonyl (C=O) groups is 1. The molecule has 0 fully saturated rings.